The van der Waals surface area contributed by atoms with E-state index >= 15 is 0 Å². The Kier molecular flexibility index (Phi) is 7.63. The van der Waals surface area contributed by atoms with Crippen molar-refractivity contribution in [3.05, 3.63) is 18.2 Å². The molecule has 4 atom stereocenters. The predicted molar refractivity (Wildman–Crippen MR) is 109 cm³/mol. The summed E-state index contributed by atoms with van der Waals surface area (Å²) in [5.74, 6) is 1.32. The summed E-state index contributed by atoms with van der Waals surface area (Å²) in [6.07, 6.45) is 6.18. The fourth-order valence-corrected chi connectivity index (χ4v) is 4.04. The first-order chi connectivity index (χ1) is 13.1. The highest BCUT2D eigenvalue weighted by Gasteiger charge is 2.40. The van der Waals surface area contributed by atoms with E-state index in [1.807, 2.05) is 27.0 Å². The van der Waals surface area contributed by atoms with Crippen LogP contribution in [0.4, 0.5) is 0 Å². The third-order valence-corrected chi connectivity index (χ3v) is 5.44. The van der Waals surface area contributed by atoms with Crippen molar-refractivity contribution in [3.8, 4) is 0 Å². The first-order valence-corrected chi connectivity index (χ1v) is 10.3. The van der Waals surface area contributed by atoms with Crippen molar-refractivity contribution in [2.75, 3.05) is 13.1 Å². The number of nitrogens with one attached hydrogen (secondary N) is 2. The summed E-state index contributed by atoms with van der Waals surface area (Å²) in [5.41, 5.74) is -0.503. The minimum Gasteiger partial charge on any atom is -0.459 e. The van der Waals surface area contributed by atoms with Gasteiger partial charge in [0.05, 0.1) is 0 Å². The Labute approximate surface area is 168 Å². The number of H-pyrrole nitrogens is 1. The molecular formula is C21H36N4O3. The zero-order chi connectivity index (χ0) is 20.9. The van der Waals surface area contributed by atoms with Gasteiger partial charge in [-0.25, -0.2) is 4.98 Å². The standard InChI is InChI=1S/C21H36N4O3/c1-7-16(14(2)24-15(3)26)8-11-25-13-17(19-22-9-10-23-19)12-18(25)20(27)28-21(4,5)6/h9-10,14,16-18H,7-8,11-13H2,1-6H3,(H,22,23)(H,24,26). The lowest BCUT2D eigenvalue weighted by molar-refractivity contribution is -0.160. The van der Waals surface area contributed by atoms with E-state index in [4.69, 9.17) is 4.74 Å². The number of carbonyl (C=O) groups is 2. The van der Waals surface area contributed by atoms with Gasteiger partial charge >= 0.3 is 5.97 Å². The Morgan fingerprint density at radius 2 is 2.14 bits per heavy atom. The van der Waals surface area contributed by atoms with Gasteiger partial charge in [-0.2, -0.15) is 0 Å². The molecule has 1 aliphatic heterocycles. The van der Waals surface area contributed by atoms with Crippen LogP contribution in [-0.4, -0.2) is 57.5 Å². The summed E-state index contributed by atoms with van der Waals surface area (Å²) in [6, 6.07) is -0.145. The second kappa shape index (κ2) is 9.54. The van der Waals surface area contributed by atoms with Gasteiger partial charge in [-0.15, -0.1) is 0 Å². The molecule has 1 fully saturated rings. The molecule has 2 N–H and O–H groups in total. The monoisotopic (exact) mass is 392 g/mol. The van der Waals surface area contributed by atoms with Gasteiger partial charge < -0.3 is 15.0 Å². The zero-order valence-electron chi connectivity index (χ0n) is 18.1. The molecule has 1 saturated heterocycles. The highest BCUT2D eigenvalue weighted by molar-refractivity contribution is 5.76. The van der Waals surface area contributed by atoms with Crippen LogP contribution >= 0.6 is 0 Å². The molecule has 7 nitrogen and oxygen atoms in total. The van der Waals surface area contributed by atoms with E-state index in [1.165, 1.54) is 0 Å². The molecule has 0 radical (unpaired) electrons. The number of aromatic nitrogens is 2. The van der Waals surface area contributed by atoms with Crippen molar-refractivity contribution in [1.29, 1.82) is 0 Å². The number of rotatable bonds is 8. The van der Waals surface area contributed by atoms with Crippen molar-refractivity contribution in [1.82, 2.24) is 20.2 Å². The minimum atomic E-state index is -0.503. The molecule has 158 valence electrons. The summed E-state index contributed by atoms with van der Waals surface area (Å²) in [7, 11) is 0. The van der Waals surface area contributed by atoms with Crippen molar-refractivity contribution < 1.29 is 14.3 Å². The first-order valence-electron chi connectivity index (χ1n) is 10.3. The van der Waals surface area contributed by atoms with Crippen LogP contribution in [0.1, 0.15) is 72.5 Å². The summed E-state index contributed by atoms with van der Waals surface area (Å²) in [5, 5.41) is 3.00. The quantitative estimate of drug-likeness (QED) is 0.664. The number of nitrogens with zero attached hydrogens (tertiary/aromatic N) is 2. The Balaban J connectivity index is 2.06. The van der Waals surface area contributed by atoms with Crippen molar-refractivity contribution in [3.63, 3.8) is 0 Å². The number of likely N-dealkylation sites (tertiary alicyclic amines) is 1. The largest absolute Gasteiger partial charge is 0.459 e. The van der Waals surface area contributed by atoms with E-state index in [9.17, 15) is 9.59 Å². The molecule has 1 aromatic heterocycles. The number of hydrogen-bond acceptors (Lipinski definition) is 5. The molecule has 7 heteroatoms. The van der Waals surface area contributed by atoms with Crippen LogP contribution in [0.2, 0.25) is 0 Å². The molecule has 1 amide bonds. The number of imidazole rings is 1. The molecule has 0 aromatic carbocycles. The van der Waals surface area contributed by atoms with Crippen molar-refractivity contribution in [2.45, 2.75) is 84.4 Å². The minimum absolute atomic E-state index is 0.00311. The Morgan fingerprint density at radius 3 is 2.68 bits per heavy atom. The Hall–Kier alpha value is -1.89. The fraction of sp³-hybridized carbons (Fsp3) is 0.762. The van der Waals surface area contributed by atoms with Crippen molar-refractivity contribution in [2.24, 2.45) is 5.92 Å². The fourth-order valence-electron chi connectivity index (χ4n) is 4.04. The van der Waals surface area contributed by atoms with E-state index in [-0.39, 0.29) is 29.9 Å². The third kappa shape index (κ3) is 6.33. The molecule has 1 aromatic rings. The van der Waals surface area contributed by atoms with Gasteiger partial charge in [0.25, 0.3) is 0 Å². The maximum absolute atomic E-state index is 12.8. The molecular weight excluding hydrogens is 356 g/mol. The second-order valence-corrected chi connectivity index (χ2v) is 8.90. The first kappa shape index (κ1) is 22.4. The number of carbonyl (C=O) groups excluding carboxylic acids is 2. The molecule has 0 bridgehead atoms. The van der Waals surface area contributed by atoms with Gasteiger partial charge in [0, 0.05) is 37.8 Å². The SMILES string of the molecule is CCC(CCN1CC(c2ncc[nH]2)CC1C(=O)OC(C)(C)C)C(C)NC(C)=O. The van der Waals surface area contributed by atoms with Gasteiger partial charge in [-0.05, 0) is 53.0 Å². The molecule has 4 unspecified atom stereocenters. The van der Waals surface area contributed by atoms with Crippen LogP contribution in [-0.2, 0) is 14.3 Å². The highest BCUT2D eigenvalue weighted by Crippen LogP contribution is 2.32. The van der Waals surface area contributed by atoms with Crippen LogP contribution in [0.3, 0.4) is 0 Å². The lowest BCUT2D eigenvalue weighted by Crippen LogP contribution is -2.42. The number of amides is 1. The van der Waals surface area contributed by atoms with Gasteiger partial charge in [0.15, 0.2) is 0 Å². The molecule has 0 spiro atoms. The van der Waals surface area contributed by atoms with E-state index in [0.717, 1.165) is 31.8 Å². The zero-order valence-corrected chi connectivity index (χ0v) is 18.1. The van der Waals surface area contributed by atoms with E-state index in [0.29, 0.717) is 12.3 Å². The summed E-state index contributed by atoms with van der Waals surface area (Å²) >= 11 is 0. The third-order valence-electron chi connectivity index (χ3n) is 5.44. The number of hydrogen-bond donors (Lipinski definition) is 2. The van der Waals surface area contributed by atoms with Gasteiger partial charge in [0.2, 0.25) is 5.91 Å². The predicted octanol–water partition coefficient (Wildman–Crippen LogP) is 2.85. The lowest BCUT2D eigenvalue weighted by atomic mass is 9.94. The van der Waals surface area contributed by atoms with Crippen LogP contribution in [0, 0.1) is 5.92 Å². The maximum Gasteiger partial charge on any atom is 0.323 e. The average Bonchev–Trinajstić information content (AvgIpc) is 3.22. The van der Waals surface area contributed by atoms with E-state index < -0.39 is 5.60 Å². The molecule has 28 heavy (non-hydrogen) atoms. The maximum atomic E-state index is 12.8. The average molecular weight is 393 g/mol. The van der Waals surface area contributed by atoms with E-state index in [1.54, 1.807) is 13.1 Å². The topological polar surface area (TPSA) is 87.3 Å². The molecule has 2 heterocycles. The number of aromatic amines is 1. The van der Waals surface area contributed by atoms with Crippen LogP contribution in [0.15, 0.2) is 12.4 Å². The van der Waals surface area contributed by atoms with Gasteiger partial charge in [-0.1, -0.05) is 13.3 Å². The second-order valence-electron chi connectivity index (χ2n) is 8.90. The molecule has 1 aliphatic rings. The summed E-state index contributed by atoms with van der Waals surface area (Å²) < 4.78 is 5.68. The lowest BCUT2D eigenvalue weighted by Gasteiger charge is -2.29. The van der Waals surface area contributed by atoms with Crippen LogP contribution in [0.5, 0.6) is 0 Å². The van der Waals surface area contributed by atoms with Crippen LogP contribution in [0.25, 0.3) is 0 Å². The Bertz CT molecular complexity index is 639. The summed E-state index contributed by atoms with van der Waals surface area (Å²) in [6.45, 7) is 13.0. The normalized spacial score (nSPS) is 22.6. The molecule has 2 rings (SSSR count). The molecule has 0 aliphatic carbocycles. The molecule has 0 saturated carbocycles. The van der Waals surface area contributed by atoms with Gasteiger partial charge in [-0.3, -0.25) is 14.5 Å². The number of esters is 1. The van der Waals surface area contributed by atoms with Gasteiger partial charge in [0.1, 0.15) is 17.5 Å². The van der Waals surface area contributed by atoms with E-state index in [2.05, 4.69) is 34.0 Å². The van der Waals surface area contributed by atoms with Crippen molar-refractivity contribution >= 4 is 11.9 Å². The van der Waals surface area contributed by atoms with Crippen LogP contribution < -0.4 is 5.32 Å². The Morgan fingerprint density at radius 1 is 1.43 bits per heavy atom. The summed E-state index contributed by atoms with van der Waals surface area (Å²) in [4.78, 5) is 34.0. The highest BCUT2D eigenvalue weighted by atomic mass is 16.6. The smallest absolute Gasteiger partial charge is 0.323 e. The number of ether oxygens (including phenoxy) is 1.